The third-order valence-corrected chi connectivity index (χ3v) is 7.48. The van der Waals surface area contributed by atoms with E-state index < -0.39 is 12.0 Å². The molecule has 200 valence electrons. The highest BCUT2D eigenvalue weighted by molar-refractivity contribution is 9.10. The van der Waals surface area contributed by atoms with Crippen LogP contribution < -0.4 is 29.1 Å². The highest BCUT2D eigenvalue weighted by Crippen LogP contribution is 2.36. The van der Waals surface area contributed by atoms with Gasteiger partial charge in [-0.3, -0.25) is 9.36 Å². The summed E-state index contributed by atoms with van der Waals surface area (Å²) in [6.07, 6.45) is 1.80. The van der Waals surface area contributed by atoms with Crippen molar-refractivity contribution < 1.29 is 23.7 Å². The number of nitrogens with zero attached hydrogens (tertiary/aromatic N) is 2. The van der Waals surface area contributed by atoms with Gasteiger partial charge in [-0.15, -0.1) is 0 Å². The molecular weight excluding hydrogens is 572 g/mol. The number of ether oxygens (including phenoxy) is 4. The van der Waals surface area contributed by atoms with Crippen LogP contribution in [0.15, 0.2) is 61.9 Å². The van der Waals surface area contributed by atoms with Gasteiger partial charge in [-0.2, -0.15) is 0 Å². The zero-order valence-corrected chi connectivity index (χ0v) is 24.3. The van der Waals surface area contributed by atoms with Gasteiger partial charge in [-0.05, 0) is 85.1 Å². The van der Waals surface area contributed by atoms with Gasteiger partial charge in [0.25, 0.3) is 5.56 Å². The van der Waals surface area contributed by atoms with Gasteiger partial charge in [0.15, 0.2) is 16.3 Å². The number of thiazole rings is 1. The minimum Gasteiger partial charge on any atom is -0.496 e. The number of esters is 1. The lowest BCUT2D eigenvalue weighted by atomic mass is 9.95. The van der Waals surface area contributed by atoms with E-state index in [1.54, 1.807) is 37.7 Å². The lowest BCUT2D eigenvalue weighted by molar-refractivity contribution is -0.139. The number of rotatable bonds is 9. The Kier molecular flexibility index (Phi) is 8.73. The molecule has 3 aromatic rings. The van der Waals surface area contributed by atoms with Crippen LogP contribution in [0.2, 0.25) is 0 Å². The Morgan fingerprint density at radius 3 is 2.42 bits per heavy atom. The molecule has 0 amide bonds. The zero-order valence-electron chi connectivity index (χ0n) is 21.9. The Hall–Kier alpha value is -3.37. The van der Waals surface area contributed by atoms with Crippen LogP contribution in [0.25, 0.3) is 6.08 Å². The van der Waals surface area contributed by atoms with Gasteiger partial charge in [0.05, 0.1) is 53.2 Å². The summed E-state index contributed by atoms with van der Waals surface area (Å²) in [5.41, 5.74) is 2.06. The summed E-state index contributed by atoms with van der Waals surface area (Å²) in [4.78, 5) is 32.1. The molecule has 0 radical (unpaired) electrons. The molecule has 1 aliphatic rings. The molecule has 4 rings (SSSR count). The van der Waals surface area contributed by atoms with E-state index in [0.29, 0.717) is 56.6 Å². The summed E-state index contributed by atoms with van der Waals surface area (Å²) in [5.74, 6) is 1.31. The van der Waals surface area contributed by atoms with E-state index in [1.807, 2.05) is 44.2 Å². The van der Waals surface area contributed by atoms with Crippen LogP contribution in [0, 0.1) is 0 Å². The number of hydrogen-bond donors (Lipinski definition) is 0. The number of halogens is 1. The van der Waals surface area contributed by atoms with Crippen molar-refractivity contribution in [1.82, 2.24) is 4.57 Å². The minimum atomic E-state index is -0.745. The molecule has 1 aromatic heterocycles. The van der Waals surface area contributed by atoms with Crippen LogP contribution in [-0.2, 0) is 9.53 Å². The largest absolute Gasteiger partial charge is 0.496 e. The highest BCUT2D eigenvalue weighted by atomic mass is 79.9. The molecule has 0 bridgehead atoms. The highest BCUT2D eigenvalue weighted by Gasteiger charge is 2.34. The van der Waals surface area contributed by atoms with Crippen LogP contribution in [-0.4, -0.2) is 37.5 Å². The molecule has 0 fully saturated rings. The minimum absolute atomic E-state index is 0.201. The van der Waals surface area contributed by atoms with E-state index in [-0.39, 0.29) is 12.2 Å². The van der Waals surface area contributed by atoms with Crippen molar-refractivity contribution >= 4 is 39.3 Å². The second-order valence-electron chi connectivity index (χ2n) is 8.27. The third-order valence-electron chi connectivity index (χ3n) is 5.87. The fourth-order valence-corrected chi connectivity index (χ4v) is 5.87. The molecule has 2 heterocycles. The van der Waals surface area contributed by atoms with E-state index in [4.69, 9.17) is 18.9 Å². The van der Waals surface area contributed by atoms with Crippen molar-refractivity contribution in [1.29, 1.82) is 0 Å². The van der Waals surface area contributed by atoms with E-state index >= 15 is 0 Å². The molecule has 0 aliphatic carbocycles. The van der Waals surface area contributed by atoms with Crippen molar-refractivity contribution in [3.63, 3.8) is 0 Å². The molecule has 0 saturated carbocycles. The maximum atomic E-state index is 13.8. The summed E-state index contributed by atoms with van der Waals surface area (Å²) >= 11 is 4.76. The summed E-state index contributed by atoms with van der Waals surface area (Å²) in [5, 5.41) is 0. The lowest BCUT2D eigenvalue weighted by Gasteiger charge is -2.25. The van der Waals surface area contributed by atoms with Gasteiger partial charge in [0.2, 0.25) is 0 Å². The molecule has 2 aromatic carbocycles. The molecule has 10 heteroatoms. The lowest BCUT2D eigenvalue weighted by Crippen LogP contribution is -2.40. The van der Waals surface area contributed by atoms with Crippen molar-refractivity contribution in [3.05, 3.63) is 83.0 Å². The van der Waals surface area contributed by atoms with Gasteiger partial charge in [-0.25, -0.2) is 9.79 Å². The van der Waals surface area contributed by atoms with Crippen LogP contribution in [0.4, 0.5) is 0 Å². The Morgan fingerprint density at radius 1 is 1.05 bits per heavy atom. The maximum absolute atomic E-state index is 13.8. The van der Waals surface area contributed by atoms with Crippen molar-refractivity contribution in [2.75, 3.05) is 26.9 Å². The van der Waals surface area contributed by atoms with E-state index in [9.17, 15) is 9.59 Å². The average Bonchev–Trinajstić information content (AvgIpc) is 3.19. The Balaban J connectivity index is 1.94. The van der Waals surface area contributed by atoms with Gasteiger partial charge in [-0.1, -0.05) is 23.5 Å². The first-order valence-electron chi connectivity index (χ1n) is 12.3. The quantitative estimate of drug-likeness (QED) is 0.339. The normalized spacial score (nSPS) is 15.1. The molecular formula is C28H29BrN2O6S. The van der Waals surface area contributed by atoms with Crippen LogP contribution in [0.5, 0.6) is 17.2 Å². The predicted octanol–water partition coefficient (Wildman–Crippen LogP) is 4.37. The number of aromatic nitrogens is 1. The van der Waals surface area contributed by atoms with Crippen LogP contribution >= 0.6 is 27.3 Å². The number of carbonyl (C=O) groups excluding carboxylic acids is 1. The summed E-state index contributed by atoms with van der Waals surface area (Å²) in [6, 6.07) is 10.3. The van der Waals surface area contributed by atoms with E-state index in [0.717, 1.165) is 10.0 Å². The van der Waals surface area contributed by atoms with Crippen molar-refractivity contribution in [2.24, 2.45) is 4.99 Å². The fraction of sp³-hybridized carbons (Fsp3) is 0.321. The Morgan fingerprint density at radius 2 is 1.76 bits per heavy atom. The van der Waals surface area contributed by atoms with Crippen molar-refractivity contribution in [3.8, 4) is 17.2 Å². The van der Waals surface area contributed by atoms with Crippen LogP contribution in [0.1, 0.15) is 44.9 Å². The number of allylic oxidation sites excluding steroid dienone is 1. The van der Waals surface area contributed by atoms with Gasteiger partial charge in [0, 0.05) is 0 Å². The molecule has 0 spiro atoms. The molecule has 1 atom stereocenters. The number of benzene rings is 2. The van der Waals surface area contributed by atoms with Gasteiger partial charge >= 0.3 is 5.97 Å². The molecule has 8 nitrogen and oxygen atoms in total. The van der Waals surface area contributed by atoms with Crippen molar-refractivity contribution in [2.45, 2.75) is 33.7 Å². The van der Waals surface area contributed by atoms with E-state index in [1.165, 1.54) is 11.3 Å². The summed E-state index contributed by atoms with van der Waals surface area (Å²) in [7, 11) is 1.60. The fourth-order valence-electron chi connectivity index (χ4n) is 4.27. The standard InChI is InChI=1S/C28H29BrN2O6S/c1-6-35-21-12-10-18(15-22(21)36-7-2)25-24(27(33)37-8-3)16(4)30-28-31(25)26(32)23(38-28)14-17-9-11-20(34-5)19(29)13-17/h9-15,25H,6-8H2,1-5H3/b23-14-/t25-/m1/s1. The SMILES string of the molecule is CCOC(=O)C1=C(C)N=c2s/c(=C\c3ccc(OC)c(Br)c3)c(=O)n2[C@@H]1c1ccc(OCC)c(OCC)c1. The first-order valence-corrected chi connectivity index (χ1v) is 13.9. The topological polar surface area (TPSA) is 88.4 Å². The summed E-state index contributed by atoms with van der Waals surface area (Å²) in [6.45, 7) is 8.40. The smallest absolute Gasteiger partial charge is 0.338 e. The molecule has 1 aliphatic heterocycles. The number of carbonyl (C=O) groups is 1. The molecule has 0 unspecified atom stereocenters. The number of fused-ring (bicyclic) bond motifs is 1. The van der Waals surface area contributed by atoms with Crippen LogP contribution in [0.3, 0.4) is 0 Å². The Labute approximate surface area is 233 Å². The second-order valence-corrected chi connectivity index (χ2v) is 10.1. The molecule has 0 N–H and O–H groups in total. The first-order chi connectivity index (χ1) is 18.3. The maximum Gasteiger partial charge on any atom is 0.338 e. The average molecular weight is 602 g/mol. The monoisotopic (exact) mass is 600 g/mol. The third kappa shape index (κ3) is 5.42. The first kappa shape index (κ1) is 27.7. The predicted molar refractivity (Wildman–Crippen MR) is 150 cm³/mol. The number of methoxy groups -OCH3 is 1. The van der Waals surface area contributed by atoms with Gasteiger partial charge < -0.3 is 18.9 Å². The molecule has 38 heavy (non-hydrogen) atoms. The van der Waals surface area contributed by atoms with E-state index in [2.05, 4.69) is 20.9 Å². The zero-order chi connectivity index (χ0) is 27.4. The van der Waals surface area contributed by atoms with Gasteiger partial charge in [0.1, 0.15) is 5.75 Å². The summed E-state index contributed by atoms with van der Waals surface area (Å²) < 4.78 is 25.1. The second kappa shape index (κ2) is 12.0. The molecule has 0 saturated heterocycles. The Bertz CT molecular complexity index is 1570. The number of hydrogen-bond acceptors (Lipinski definition) is 8.